The first kappa shape index (κ1) is 10.3. The second-order valence-corrected chi connectivity index (χ2v) is 3.78. The van der Waals surface area contributed by atoms with Gasteiger partial charge in [-0.05, 0) is 18.6 Å². The lowest BCUT2D eigenvalue weighted by Gasteiger charge is -2.07. The molecule has 0 aliphatic carbocycles. The number of pyridine rings is 1. The van der Waals surface area contributed by atoms with Crippen LogP contribution in [0.3, 0.4) is 0 Å². The van der Waals surface area contributed by atoms with Crippen molar-refractivity contribution in [3.63, 3.8) is 0 Å². The fourth-order valence-electron chi connectivity index (χ4n) is 0.817. The van der Waals surface area contributed by atoms with Crippen LogP contribution < -0.4 is 5.73 Å². The number of aliphatic hydroxyl groups excluding tert-OH is 1. The molecule has 0 aromatic carbocycles. The van der Waals surface area contributed by atoms with Crippen molar-refractivity contribution in [2.45, 2.75) is 24.5 Å². The third kappa shape index (κ3) is 3.24. The molecule has 3 N–H and O–H groups in total. The molecule has 0 aliphatic rings. The number of rotatable bonds is 4. The van der Waals surface area contributed by atoms with E-state index in [4.69, 9.17) is 5.73 Å². The van der Waals surface area contributed by atoms with Crippen molar-refractivity contribution < 1.29 is 5.11 Å². The Bertz CT molecular complexity index is 268. The normalized spacial score (nSPS) is 12.8. The maximum Gasteiger partial charge on any atom is 0.119 e. The summed E-state index contributed by atoms with van der Waals surface area (Å²) in [5, 5.41) is 10.1. The van der Waals surface area contributed by atoms with Gasteiger partial charge >= 0.3 is 0 Å². The van der Waals surface area contributed by atoms with Crippen molar-refractivity contribution in [2.75, 3.05) is 11.5 Å². The topological polar surface area (TPSA) is 59.1 Å². The molecule has 72 valence electrons. The van der Waals surface area contributed by atoms with Gasteiger partial charge in [0.15, 0.2) is 0 Å². The molecule has 0 spiro atoms. The molecule has 1 rings (SSSR count). The Morgan fingerprint density at radius 1 is 1.69 bits per heavy atom. The van der Waals surface area contributed by atoms with E-state index in [1.165, 1.54) is 11.8 Å². The zero-order valence-corrected chi connectivity index (χ0v) is 8.42. The summed E-state index contributed by atoms with van der Waals surface area (Å²) in [5.74, 6) is 0.651. The van der Waals surface area contributed by atoms with Crippen LogP contribution in [-0.4, -0.2) is 21.9 Å². The molecule has 0 bridgehead atoms. The number of hydrogen-bond donors (Lipinski definition) is 2. The van der Waals surface area contributed by atoms with Gasteiger partial charge in [-0.25, -0.2) is 4.98 Å². The zero-order valence-electron chi connectivity index (χ0n) is 7.60. The third-order valence-electron chi connectivity index (χ3n) is 1.68. The summed E-state index contributed by atoms with van der Waals surface area (Å²) in [6, 6.07) is 3.61. The number of nitrogen functional groups attached to an aromatic ring is 1. The van der Waals surface area contributed by atoms with Gasteiger partial charge < -0.3 is 10.8 Å². The van der Waals surface area contributed by atoms with E-state index in [0.717, 1.165) is 11.4 Å². The fourth-order valence-corrected chi connectivity index (χ4v) is 1.77. The molecule has 0 saturated carbocycles. The van der Waals surface area contributed by atoms with E-state index in [-0.39, 0.29) is 6.10 Å². The van der Waals surface area contributed by atoms with Gasteiger partial charge in [-0.3, -0.25) is 0 Å². The summed E-state index contributed by atoms with van der Waals surface area (Å²) >= 11 is 1.49. The molecule has 0 saturated heterocycles. The number of nitrogens with two attached hydrogens (primary N) is 1. The van der Waals surface area contributed by atoms with Crippen LogP contribution >= 0.6 is 11.8 Å². The van der Waals surface area contributed by atoms with Crippen molar-refractivity contribution in [1.29, 1.82) is 0 Å². The van der Waals surface area contributed by atoms with Crippen LogP contribution in [0, 0.1) is 0 Å². The predicted octanol–water partition coefficient (Wildman–Crippen LogP) is 1.53. The zero-order chi connectivity index (χ0) is 9.68. The van der Waals surface area contributed by atoms with Gasteiger partial charge in [0.25, 0.3) is 0 Å². The number of aliphatic hydroxyl groups is 1. The quantitative estimate of drug-likeness (QED) is 0.720. The number of nitrogens with zero attached hydrogens (tertiary/aromatic N) is 1. The first-order chi connectivity index (χ1) is 6.24. The SMILES string of the molecule is CCC(O)CSc1ncccc1N. The van der Waals surface area contributed by atoms with E-state index >= 15 is 0 Å². The molecule has 13 heavy (non-hydrogen) atoms. The second-order valence-electron chi connectivity index (χ2n) is 2.77. The largest absolute Gasteiger partial charge is 0.397 e. The van der Waals surface area contributed by atoms with Crippen LogP contribution in [0.15, 0.2) is 23.4 Å². The van der Waals surface area contributed by atoms with Gasteiger partial charge in [0.1, 0.15) is 5.03 Å². The number of aromatic nitrogens is 1. The molecule has 1 aromatic rings. The molecule has 0 radical (unpaired) electrons. The summed E-state index contributed by atoms with van der Waals surface area (Å²) in [7, 11) is 0. The summed E-state index contributed by atoms with van der Waals surface area (Å²) in [5.41, 5.74) is 6.36. The van der Waals surface area contributed by atoms with Crippen LogP contribution in [0.25, 0.3) is 0 Å². The highest BCUT2D eigenvalue weighted by Crippen LogP contribution is 2.22. The summed E-state index contributed by atoms with van der Waals surface area (Å²) < 4.78 is 0. The minimum Gasteiger partial charge on any atom is -0.397 e. The molecule has 4 heteroatoms. The van der Waals surface area contributed by atoms with Crippen molar-refractivity contribution >= 4 is 17.4 Å². The number of thioether (sulfide) groups is 1. The summed E-state index contributed by atoms with van der Waals surface area (Å²) in [6.45, 7) is 1.95. The molecule has 1 unspecified atom stereocenters. The lowest BCUT2D eigenvalue weighted by atomic mass is 10.3. The lowest BCUT2D eigenvalue weighted by molar-refractivity contribution is 0.195. The molecular formula is C9H14N2OS. The molecule has 1 atom stereocenters. The van der Waals surface area contributed by atoms with Gasteiger partial charge in [0, 0.05) is 11.9 Å². The van der Waals surface area contributed by atoms with Crippen LogP contribution in [0.1, 0.15) is 13.3 Å². The summed E-state index contributed by atoms with van der Waals surface area (Å²) in [4.78, 5) is 4.11. The Hall–Kier alpha value is -0.740. The Balaban J connectivity index is 2.50. The highest BCUT2D eigenvalue weighted by atomic mass is 32.2. The average molecular weight is 198 g/mol. The molecule has 1 heterocycles. The van der Waals surface area contributed by atoms with Gasteiger partial charge in [-0.15, -0.1) is 11.8 Å². The Labute approximate surface area is 82.4 Å². The predicted molar refractivity (Wildman–Crippen MR) is 55.7 cm³/mol. The van der Waals surface area contributed by atoms with E-state index < -0.39 is 0 Å². The monoisotopic (exact) mass is 198 g/mol. The Kier molecular flexibility index (Phi) is 4.05. The van der Waals surface area contributed by atoms with Gasteiger partial charge in [-0.1, -0.05) is 6.92 Å². The van der Waals surface area contributed by atoms with Crippen molar-refractivity contribution in [2.24, 2.45) is 0 Å². The summed E-state index contributed by atoms with van der Waals surface area (Å²) in [6.07, 6.45) is 2.20. The van der Waals surface area contributed by atoms with Crippen molar-refractivity contribution in [3.8, 4) is 0 Å². The van der Waals surface area contributed by atoms with E-state index in [9.17, 15) is 5.11 Å². The first-order valence-corrected chi connectivity index (χ1v) is 5.24. The van der Waals surface area contributed by atoms with E-state index in [1.54, 1.807) is 12.3 Å². The van der Waals surface area contributed by atoms with Crippen LogP contribution in [0.4, 0.5) is 5.69 Å². The maximum atomic E-state index is 9.32. The standard InChI is InChI=1S/C9H14N2OS/c1-2-7(12)6-13-9-8(10)4-3-5-11-9/h3-5,7,12H,2,6,10H2,1H3. The Morgan fingerprint density at radius 3 is 3.08 bits per heavy atom. The number of hydrogen-bond acceptors (Lipinski definition) is 4. The highest BCUT2D eigenvalue weighted by molar-refractivity contribution is 7.99. The van der Waals surface area contributed by atoms with Gasteiger partial charge in [-0.2, -0.15) is 0 Å². The molecule has 0 aliphatic heterocycles. The maximum absolute atomic E-state index is 9.32. The van der Waals surface area contributed by atoms with E-state index in [1.807, 2.05) is 13.0 Å². The molecule has 3 nitrogen and oxygen atoms in total. The number of anilines is 1. The minimum absolute atomic E-state index is 0.272. The van der Waals surface area contributed by atoms with Gasteiger partial charge in [0.05, 0.1) is 11.8 Å². The highest BCUT2D eigenvalue weighted by Gasteiger charge is 2.04. The van der Waals surface area contributed by atoms with E-state index in [2.05, 4.69) is 4.98 Å². The second kappa shape index (κ2) is 5.09. The minimum atomic E-state index is -0.272. The Morgan fingerprint density at radius 2 is 2.46 bits per heavy atom. The van der Waals surface area contributed by atoms with Crippen LogP contribution in [0.5, 0.6) is 0 Å². The van der Waals surface area contributed by atoms with Crippen molar-refractivity contribution in [1.82, 2.24) is 4.98 Å². The molecule has 0 amide bonds. The fraction of sp³-hybridized carbons (Fsp3) is 0.444. The smallest absolute Gasteiger partial charge is 0.119 e. The lowest BCUT2D eigenvalue weighted by Crippen LogP contribution is -2.07. The van der Waals surface area contributed by atoms with E-state index in [0.29, 0.717) is 11.4 Å². The van der Waals surface area contributed by atoms with Crippen LogP contribution in [-0.2, 0) is 0 Å². The van der Waals surface area contributed by atoms with Gasteiger partial charge in [0.2, 0.25) is 0 Å². The first-order valence-electron chi connectivity index (χ1n) is 4.25. The molecule has 0 fully saturated rings. The van der Waals surface area contributed by atoms with Crippen molar-refractivity contribution in [3.05, 3.63) is 18.3 Å². The average Bonchev–Trinajstić information content (AvgIpc) is 2.16. The molecule has 1 aromatic heterocycles. The third-order valence-corrected chi connectivity index (χ3v) is 2.85. The molecular weight excluding hydrogens is 184 g/mol. The van der Waals surface area contributed by atoms with Crippen LogP contribution in [0.2, 0.25) is 0 Å².